The topological polar surface area (TPSA) is 58.4 Å². The van der Waals surface area contributed by atoms with E-state index in [2.05, 4.69) is 10.2 Å². The zero-order valence-corrected chi connectivity index (χ0v) is 11.8. The Morgan fingerprint density at radius 3 is 2.42 bits per heavy atom. The summed E-state index contributed by atoms with van der Waals surface area (Å²) in [7, 11) is 0. The largest absolute Gasteiger partial charge is 0.353 e. The van der Waals surface area contributed by atoms with Crippen molar-refractivity contribution < 1.29 is 4.79 Å². The number of hydrogen-bond donors (Lipinski definition) is 2. The summed E-state index contributed by atoms with van der Waals surface area (Å²) in [5.74, 6) is 0.652. The number of carbonyl (C=O) groups excluding carboxylic acids is 1. The van der Waals surface area contributed by atoms with Gasteiger partial charge in [-0.25, -0.2) is 0 Å². The molecule has 3 N–H and O–H groups in total. The van der Waals surface area contributed by atoms with Crippen molar-refractivity contribution in [3.63, 3.8) is 0 Å². The quantitative estimate of drug-likeness (QED) is 0.804. The third-order valence-electron chi connectivity index (χ3n) is 5.12. The van der Waals surface area contributed by atoms with Crippen LogP contribution in [0.5, 0.6) is 0 Å². The van der Waals surface area contributed by atoms with E-state index in [4.69, 9.17) is 5.73 Å². The van der Waals surface area contributed by atoms with Crippen LogP contribution in [-0.4, -0.2) is 42.0 Å². The van der Waals surface area contributed by atoms with Gasteiger partial charge < -0.3 is 16.0 Å². The molecule has 3 rings (SSSR count). The second kappa shape index (κ2) is 5.80. The van der Waals surface area contributed by atoms with E-state index in [1.54, 1.807) is 0 Å². The summed E-state index contributed by atoms with van der Waals surface area (Å²) in [6, 6.07) is 1.52. The van der Waals surface area contributed by atoms with E-state index in [0.717, 1.165) is 31.7 Å². The van der Waals surface area contributed by atoms with Crippen molar-refractivity contribution in [3.05, 3.63) is 0 Å². The maximum Gasteiger partial charge on any atom is 0.220 e. The van der Waals surface area contributed by atoms with Crippen LogP contribution in [-0.2, 0) is 4.79 Å². The minimum atomic E-state index is 0.229. The molecule has 1 amide bonds. The van der Waals surface area contributed by atoms with Gasteiger partial charge in [-0.05, 0) is 44.4 Å². The first-order chi connectivity index (χ1) is 9.22. The van der Waals surface area contributed by atoms with Gasteiger partial charge in [-0.1, -0.05) is 6.42 Å². The van der Waals surface area contributed by atoms with E-state index in [1.165, 1.54) is 32.4 Å². The lowest BCUT2D eigenvalue weighted by Crippen LogP contribution is -2.46. The average molecular weight is 265 g/mol. The maximum absolute atomic E-state index is 12.1. The maximum atomic E-state index is 12.1. The highest BCUT2D eigenvalue weighted by Gasteiger charge is 2.32. The van der Waals surface area contributed by atoms with Crippen LogP contribution < -0.4 is 11.1 Å². The molecule has 0 spiro atoms. The van der Waals surface area contributed by atoms with Crippen LogP contribution in [0, 0.1) is 5.92 Å². The molecule has 2 aliphatic carbocycles. The third-order valence-corrected chi connectivity index (χ3v) is 5.12. The number of carbonyl (C=O) groups is 1. The Labute approximate surface area is 116 Å². The molecule has 108 valence electrons. The zero-order valence-electron chi connectivity index (χ0n) is 11.8. The molecule has 0 aromatic rings. The van der Waals surface area contributed by atoms with E-state index in [9.17, 15) is 4.79 Å². The molecule has 0 unspecified atom stereocenters. The van der Waals surface area contributed by atoms with Crippen molar-refractivity contribution in [1.29, 1.82) is 0 Å². The van der Waals surface area contributed by atoms with E-state index < -0.39 is 0 Å². The molecule has 0 aromatic carbocycles. The smallest absolute Gasteiger partial charge is 0.220 e. The summed E-state index contributed by atoms with van der Waals surface area (Å²) in [4.78, 5) is 14.7. The van der Waals surface area contributed by atoms with Gasteiger partial charge in [0.1, 0.15) is 0 Å². The highest BCUT2D eigenvalue weighted by molar-refractivity contribution is 5.76. The van der Waals surface area contributed by atoms with Crippen LogP contribution in [0.1, 0.15) is 51.4 Å². The molecule has 2 saturated carbocycles. The molecular formula is C15H27N3O. The standard InChI is InChI=1S/C15H27N3O/c16-14-3-1-2-11(14)10-15(19)17-12-6-8-18(9-7-12)13-4-5-13/h11-14H,1-10,16H2,(H,17,19)/t11-,14+/m0/s1. The molecule has 3 aliphatic rings. The summed E-state index contributed by atoms with van der Waals surface area (Å²) in [6.07, 6.45) is 9.08. The molecule has 4 heteroatoms. The van der Waals surface area contributed by atoms with Gasteiger partial charge in [-0.2, -0.15) is 0 Å². The lowest BCUT2D eigenvalue weighted by Gasteiger charge is -2.32. The fourth-order valence-corrected chi connectivity index (χ4v) is 3.69. The van der Waals surface area contributed by atoms with Gasteiger partial charge in [0.2, 0.25) is 5.91 Å². The molecule has 1 saturated heterocycles. The monoisotopic (exact) mass is 265 g/mol. The van der Waals surface area contributed by atoms with Gasteiger partial charge in [-0.3, -0.25) is 4.79 Å². The first kappa shape index (κ1) is 13.4. The van der Waals surface area contributed by atoms with Crippen molar-refractivity contribution in [2.45, 2.75) is 69.5 Å². The van der Waals surface area contributed by atoms with Gasteiger partial charge in [0, 0.05) is 37.6 Å². The predicted octanol–water partition coefficient (Wildman–Crippen LogP) is 1.25. The minimum Gasteiger partial charge on any atom is -0.353 e. The normalized spacial score (nSPS) is 33.5. The number of nitrogens with zero attached hydrogens (tertiary/aromatic N) is 1. The van der Waals surface area contributed by atoms with E-state index in [-0.39, 0.29) is 11.9 Å². The van der Waals surface area contributed by atoms with E-state index >= 15 is 0 Å². The Morgan fingerprint density at radius 2 is 1.84 bits per heavy atom. The van der Waals surface area contributed by atoms with Crippen LogP contribution in [0.15, 0.2) is 0 Å². The van der Waals surface area contributed by atoms with Gasteiger partial charge >= 0.3 is 0 Å². The Hall–Kier alpha value is -0.610. The lowest BCUT2D eigenvalue weighted by atomic mass is 9.98. The van der Waals surface area contributed by atoms with Crippen molar-refractivity contribution in [3.8, 4) is 0 Å². The molecular weight excluding hydrogens is 238 g/mol. The van der Waals surface area contributed by atoms with Crippen molar-refractivity contribution in [1.82, 2.24) is 10.2 Å². The Bertz CT molecular complexity index is 321. The molecule has 0 bridgehead atoms. The number of piperidine rings is 1. The summed E-state index contributed by atoms with van der Waals surface area (Å²) in [6.45, 7) is 2.33. The Kier molecular flexibility index (Phi) is 4.08. The SMILES string of the molecule is N[C@@H]1CCC[C@H]1CC(=O)NC1CCN(C2CC2)CC1. The number of likely N-dealkylation sites (tertiary alicyclic amines) is 1. The average Bonchev–Trinajstić information content (AvgIpc) is 3.16. The van der Waals surface area contributed by atoms with Crippen molar-refractivity contribution in [2.75, 3.05) is 13.1 Å². The number of nitrogens with two attached hydrogens (primary N) is 1. The fraction of sp³-hybridized carbons (Fsp3) is 0.933. The fourth-order valence-electron chi connectivity index (χ4n) is 3.69. The van der Waals surface area contributed by atoms with Gasteiger partial charge in [-0.15, -0.1) is 0 Å². The van der Waals surface area contributed by atoms with Crippen LogP contribution >= 0.6 is 0 Å². The van der Waals surface area contributed by atoms with Crippen molar-refractivity contribution >= 4 is 5.91 Å². The second-order valence-corrected chi connectivity index (χ2v) is 6.67. The first-order valence-electron chi connectivity index (χ1n) is 8.01. The number of amides is 1. The van der Waals surface area contributed by atoms with Crippen LogP contribution in [0.25, 0.3) is 0 Å². The summed E-state index contributed by atoms with van der Waals surface area (Å²) < 4.78 is 0. The highest BCUT2D eigenvalue weighted by Crippen LogP contribution is 2.29. The molecule has 1 aliphatic heterocycles. The van der Waals surface area contributed by atoms with Gasteiger partial charge in [0.05, 0.1) is 0 Å². The predicted molar refractivity (Wildman–Crippen MR) is 75.7 cm³/mol. The third kappa shape index (κ3) is 3.48. The molecule has 19 heavy (non-hydrogen) atoms. The second-order valence-electron chi connectivity index (χ2n) is 6.67. The van der Waals surface area contributed by atoms with Crippen molar-refractivity contribution in [2.24, 2.45) is 11.7 Å². The van der Waals surface area contributed by atoms with Crippen LogP contribution in [0.2, 0.25) is 0 Å². The molecule has 1 heterocycles. The van der Waals surface area contributed by atoms with Gasteiger partial charge in [0.25, 0.3) is 0 Å². The van der Waals surface area contributed by atoms with Gasteiger partial charge in [0.15, 0.2) is 0 Å². The zero-order chi connectivity index (χ0) is 13.2. The molecule has 0 aromatic heterocycles. The summed E-state index contributed by atoms with van der Waals surface area (Å²) in [5, 5.41) is 3.23. The minimum absolute atomic E-state index is 0.229. The highest BCUT2D eigenvalue weighted by atomic mass is 16.1. The molecule has 3 fully saturated rings. The molecule has 0 radical (unpaired) electrons. The first-order valence-corrected chi connectivity index (χ1v) is 8.01. The van der Waals surface area contributed by atoms with Crippen LogP contribution in [0.4, 0.5) is 0 Å². The van der Waals surface area contributed by atoms with Crippen LogP contribution in [0.3, 0.4) is 0 Å². The molecule has 4 nitrogen and oxygen atoms in total. The lowest BCUT2D eigenvalue weighted by molar-refractivity contribution is -0.123. The number of rotatable bonds is 4. The number of nitrogens with one attached hydrogen (secondary N) is 1. The molecule has 2 atom stereocenters. The Balaban J connectivity index is 1.37. The number of hydrogen-bond acceptors (Lipinski definition) is 3. The van der Waals surface area contributed by atoms with E-state index in [1.807, 2.05) is 0 Å². The summed E-state index contributed by atoms with van der Waals surface area (Å²) >= 11 is 0. The Morgan fingerprint density at radius 1 is 1.11 bits per heavy atom. The van der Waals surface area contributed by atoms with E-state index in [0.29, 0.717) is 18.4 Å². The summed E-state index contributed by atoms with van der Waals surface area (Å²) in [5.41, 5.74) is 6.03.